The van der Waals surface area contributed by atoms with E-state index in [1.54, 1.807) is 0 Å². The third-order valence-corrected chi connectivity index (χ3v) is 4.62. The molecule has 0 fully saturated rings. The molecule has 2 atom stereocenters. The standard InChI is InChI=1S/C19H17NO4/c1-10-7-12-8-11(5-6-16(12)24-10)13-3-2-4-14-15(9-17(21)22)19(23)20-18(13)14/h2-6,8,10,15H,7,9H2,1H3,(H,20,23)(H,21,22). The maximum absolute atomic E-state index is 12.2. The van der Waals surface area contributed by atoms with E-state index in [1.165, 1.54) is 0 Å². The zero-order chi connectivity index (χ0) is 16.8. The molecule has 0 spiro atoms. The summed E-state index contributed by atoms with van der Waals surface area (Å²) in [6.07, 6.45) is 0.848. The average molecular weight is 323 g/mol. The highest BCUT2D eigenvalue weighted by molar-refractivity contribution is 6.08. The lowest BCUT2D eigenvalue weighted by Gasteiger charge is -2.10. The smallest absolute Gasteiger partial charge is 0.304 e. The van der Waals surface area contributed by atoms with Crippen LogP contribution in [0.3, 0.4) is 0 Å². The van der Waals surface area contributed by atoms with Gasteiger partial charge in [0.1, 0.15) is 11.9 Å². The summed E-state index contributed by atoms with van der Waals surface area (Å²) in [5.41, 5.74) is 4.55. The second-order valence-electron chi connectivity index (χ2n) is 6.36. The first kappa shape index (κ1) is 14.8. The Balaban J connectivity index is 1.77. The van der Waals surface area contributed by atoms with Crippen molar-refractivity contribution in [3.05, 3.63) is 47.5 Å². The van der Waals surface area contributed by atoms with E-state index in [9.17, 15) is 9.59 Å². The molecule has 2 N–H and O–H groups in total. The molecule has 122 valence electrons. The van der Waals surface area contributed by atoms with E-state index in [2.05, 4.69) is 11.4 Å². The van der Waals surface area contributed by atoms with Gasteiger partial charge in [-0.3, -0.25) is 9.59 Å². The van der Waals surface area contributed by atoms with Crippen molar-refractivity contribution in [1.82, 2.24) is 0 Å². The quantitative estimate of drug-likeness (QED) is 0.909. The van der Waals surface area contributed by atoms with E-state index in [-0.39, 0.29) is 18.4 Å². The van der Waals surface area contributed by atoms with Gasteiger partial charge in [0.25, 0.3) is 0 Å². The number of nitrogens with one attached hydrogen (secondary N) is 1. The summed E-state index contributed by atoms with van der Waals surface area (Å²) in [6, 6.07) is 11.7. The zero-order valence-corrected chi connectivity index (χ0v) is 13.2. The molecule has 0 bridgehead atoms. The molecule has 0 aromatic heterocycles. The van der Waals surface area contributed by atoms with Gasteiger partial charge in [-0.1, -0.05) is 24.3 Å². The van der Waals surface area contributed by atoms with Crippen molar-refractivity contribution in [3.8, 4) is 16.9 Å². The summed E-state index contributed by atoms with van der Waals surface area (Å²) in [7, 11) is 0. The molecule has 0 radical (unpaired) electrons. The SMILES string of the molecule is CC1Cc2cc(-c3cccc4c3NC(=O)C4CC(=O)O)ccc2O1. The molecule has 2 aromatic rings. The van der Waals surface area contributed by atoms with Crippen molar-refractivity contribution in [2.24, 2.45) is 0 Å². The molecule has 2 heterocycles. The number of fused-ring (bicyclic) bond motifs is 2. The predicted molar refractivity (Wildman–Crippen MR) is 89.3 cm³/mol. The molecule has 4 rings (SSSR count). The average Bonchev–Trinajstić information content (AvgIpc) is 3.05. The van der Waals surface area contributed by atoms with Crippen LogP contribution in [0.1, 0.15) is 30.4 Å². The number of carboxylic acids is 1. The fourth-order valence-electron chi connectivity index (χ4n) is 3.56. The van der Waals surface area contributed by atoms with E-state index < -0.39 is 11.9 Å². The highest BCUT2D eigenvalue weighted by atomic mass is 16.5. The van der Waals surface area contributed by atoms with E-state index in [4.69, 9.17) is 9.84 Å². The third-order valence-electron chi connectivity index (χ3n) is 4.62. The van der Waals surface area contributed by atoms with Gasteiger partial charge in [-0.2, -0.15) is 0 Å². The molecule has 24 heavy (non-hydrogen) atoms. The Bertz CT molecular complexity index is 858. The molecule has 1 amide bonds. The predicted octanol–water partition coefficient (Wildman–Crippen LogP) is 3.19. The number of ether oxygens (including phenoxy) is 1. The van der Waals surface area contributed by atoms with Crippen LogP contribution in [0.25, 0.3) is 11.1 Å². The van der Waals surface area contributed by atoms with Crippen LogP contribution in [0.2, 0.25) is 0 Å². The third kappa shape index (κ3) is 2.33. The Labute approximate surface area is 139 Å². The summed E-state index contributed by atoms with van der Waals surface area (Å²) in [5.74, 6) is -0.947. The molecule has 2 unspecified atom stereocenters. The highest BCUT2D eigenvalue weighted by Crippen LogP contribution is 2.42. The minimum absolute atomic E-state index is 0.177. The lowest BCUT2D eigenvalue weighted by Crippen LogP contribution is -2.15. The largest absolute Gasteiger partial charge is 0.490 e. The maximum Gasteiger partial charge on any atom is 0.304 e. The Kier molecular flexibility index (Phi) is 3.30. The monoisotopic (exact) mass is 323 g/mol. The number of aliphatic carboxylic acids is 1. The summed E-state index contributed by atoms with van der Waals surface area (Å²) in [6.45, 7) is 2.04. The van der Waals surface area contributed by atoms with Crippen LogP contribution >= 0.6 is 0 Å². The van der Waals surface area contributed by atoms with Gasteiger partial charge in [0, 0.05) is 12.0 Å². The normalized spacial score (nSPS) is 21.0. The molecule has 2 aliphatic rings. The van der Waals surface area contributed by atoms with Gasteiger partial charge >= 0.3 is 5.97 Å². The molecule has 5 heteroatoms. The molecular weight excluding hydrogens is 306 g/mol. The fraction of sp³-hybridized carbons (Fsp3) is 0.263. The number of carbonyl (C=O) groups excluding carboxylic acids is 1. The van der Waals surface area contributed by atoms with E-state index >= 15 is 0 Å². The summed E-state index contributed by atoms with van der Waals surface area (Å²) in [5, 5.41) is 11.9. The fourth-order valence-corrected chi connectivity index (χ4v) is 3.56. The van der Waals surface area contributed by atoms with Gasteiger partial charge < -0.3 is 15.2 Å². The summed E-state index contributed by atoms with van der Waals surface area (Å²) >= 11 is 0. The molecule has 0 aliphatic carbocycles. The van der Waals surface area contributed by atoms with Crippen molar-refractivity contribution >= 4 is 17.6 Å². The van der Waals surface area contributed by atoms with Crippen LogP contribution in [-0.4, -0.2) is 23.1 Å². The lowest BCUT2D eigenvalue weighted by atomic mass is 9.93. The summed E-state index contributed by atoms with van der Waals surface area (Å²) in [4.78, 5) is 23.2. The zero-order valence-electron chi connectivity index (χ0n) is 13.2. The molecule has 5 nitrogen and oxygen atoms in total. The first-order valence-electron chi connectivity index (χ1n) is 7.98. The van der Waals surface area contributed by atoms with Crippen LogP contribution in [-0.2, 0) is 16.0 Å². The van der Waals surface area contributed by atoms with Crippen molar-refractivity contribution in [3.63, 3.8) is 0 Å². The van der Waals surface area contributed by atoms with Gasteiger partial charge in [-0.25, -0.2) is 0 Å². The topological polar surface area (TPSA) is 75.6 Å². The Hall–Kier alpha value is -2.82. The van der Waals surface area contributed by atoms with Gasteiger partial charge in [0.05, 0.1) is 18.0 Å². The highest BCUT2D eigenvalue weighted by Gasteiger charge is 2.34. The van der Waals surface area contributed by atoms with Crippen LogP contribution < -0.4 is 10.1 Å². The van der Waals surface area contributed by atoms with Gasteiger partial charge in [0.2, 0.25) is 5.91 Å². The van der Waals surface area contributed by atoms with Gasteiger partial charge in [-0.15, -0.1) is 0 Å². The Morgan fingerprint density at radius 1 is 1.33 bits per heavy atom. The number of amides is 1. The van der Waals surface area contributed by atoms with Crippen LogP contribution in [0.5, 0.6) is 5.75 Å². The number of hydrogen-bond acceptors (Lipinski definition) is 3. The van der Waals surface area contributed by atoms with Gasteiger partial charge in [-0.05, 0) is 35.7 Å². The number of para-hydroxylation sites is 1. The summed E-state index contributed by atoms with van der Waals surface area (Å²) < 4.78 is 5.73. The van der Waals surface area contributed by atoms with E-state index in [0.29, 0.717) is 0 Å². The van der Waals surface area contributed by atoms with Crippen molar-refractivity contribution in [2.75, 3.05) is 5.32 Å². The number of rotatable bonds is 3. The minimum Gasteiger partial charge on any atom is -0.490 e. The Morgan fingerprint density at radius 2 is 2.17 bits per heavy atom. The molecule has 2 aliphatic heterocycles. The lowest BCUT2D eigenvalue weighted by molar-refractivity contribution is -0.138. The molecular formula is C19H17NO4. The number of carbonyl (C=O) groups is 2. The Morgan fingerprint density at radius 3 is 2.96 bits per heavy atom. The van der Waals surface area contributed by atoms with Crippen molar-refractivity contribution in [2.45, 2.75) is 31.8 Å². The second-order valence-corrected chi connectivity index (χ2v) is 6.36. The number of carboxylic acid groups (broad SMARTS) is 1. The number of benzene rings is 2. The number of anilines is 1. The molecule has 0 saturated carbocycles. The van der Waals surface area contributed by atoms with Crippen molar-refractivity contribution < 1.29 is 19.4 Å². The van der Waals surface area contributed by atoms with Crippen LogP contribution in [0.15, 0.2) is 36.4 Å². The second kappa shape index (κ2) is 5.37. The maximum atomic E-state index is 12.2. The van der Waals surface area contributed by atoms with E-state index in [1.807, 2.05) is 37.3 Å². The van der Waals surface area contributed by atoms with Crippen LogP contribution in [0, 0.1) is 0 Å². The molecule has 2 aromatic carbocycles. The molecule has 0 saturated heterocycles. The number of hydrogen-bond donors (Lipinski definition) is 2. The van der Waals surface area contributed by atoms with Crippen LogP contribution in [0.4, 0.5) is 5.69 Å². The van der Waals surface area contributed by atoms with E-state index in [0.717, 1.165) is 40.1 Å². The minimum atomic E-state index is -0.975. The van der Waals surface area contributed by atoms with Crippen molar-refractivity contribution in [1.29, 1.82) is 0 Å². The first-order valence-corrected chi connectivity index (χ1v) is 7.98. The first-order chi connectivity index (χ1) is 11.5. The van der Waals surface area contributed by atoms with Gasteiger partial charge in [0.15, 0.2) is 0 Å².